The molecule has 1 aliphatic rings. The minimum Gasteiger partial charge on any atom is -0.462 e. The van der Waals surface area contributed by atoms with E-state index >= 15 is 0 Å². The third-order valence-electron chi connectivity index (χ3n) is 4.31. The summed E-state index contributed by atoms with van der Waals surface area (Å²) in [6.07, 6.45) is 7.29. The largest absolute Gasteiger partial charge is 0.462 e. The summed E-state index contributed by atoms with van der Waals surface area (Å²) in [6.45, 7) is 5.19. The molecule has 2 aromatic rings. The number of H-pyrrole nitrogens is 1. The first-order valence-corrected chi connectivity index (χ1v) is 8.09. The Hall–Kier alpha value is -2.21. The van der Waals surface area contributed by atoms with Gasteiger partial charge in [-0.05, 0) is 44.0 Å². The van der Waals surface area contributed by atoms with E-state index in [1.54, 1.807) is 6.20 Å². The van der Waals surface area contributed by atoms with E-state index in [1.165, 1.54) is 5.56 Å². The van der Waals surface area contributed by atoms with Crippen molar-refractivity contribution in [1.29, 1.82) is 0 Å². The Morgan fingerprint density at radius 1 is 1.43 bits per heavy atom. The molecule has 0 amide bonds. The Kier molecular flexibility index (Phi) is 5.02. The van der Waals surface area contributed by atoms with Gasteiger partial charge in [-0.25, -0.2) is 4.79 Å². The highest BCUT2D eigenvalue weighted by molar-refractivity contribution is 5.90. The van der Waals surface area contributed by atoms with Crippen LogP contribution in [0, 0.1) is 0 Å². The molecule has 6 heteroatoms. The molecule has 0 spiro atoms. The summed E-state index contributed by atoms with van der Waals surface area (Å²) in [5, 5.41) is 7.03. The fraction of sp³-hybridized carbons (Fsp3) is 0.471. The van der Waals surface area contributed by atoms with Crippen LogP contribution < -0.4 is 0 Å². The van der Waals surface area contributed by atoms with E-state index in [1.807, 2.05) is 19.3 Å². The molecule has 1 unspecified atom stereocenters. The molecule has 0 saturated carbocycles. The molecule has 0 aromatic carbocycles. The molecular formula is C17H22N4O2. The molecule has 0 radical (unpaired) electrons. The highest BCUT2D eigenvalue weighted by atomic mass is 16.5. The number of rotatable bonds is 6. The Labute approximate surface area is 135 Å². The first-order valence-electron chi connectivity index (χ1n) is 8.09. The lowest BCUT2D eigenvalue weighted by molar-refractivity contribution is 0.0524. The lowest BCUT2D eigenvalue weighted by atomic mass is 10.0. The summed E-state index contributed by atoms with van der Waals surface area (Å²) >= 11 is 0. The lowest BCUT2D eigenvalue weighted by Gasteiger charge is -2.16. The van der Waals surface area contributed by atoms with Gasteiger partial charge in [-0.1, -0.05) is 0 Å². The SMILES string of the molecule is CCOC(=O)c1cn[nH]c1C1CCN(CCc2ccncc2)C1. The molecule has 3 rings (SSSR count). The maximum absolute atomic E-state index is 12.0. The van der Waals surface area contributed by atoms with Crippen molar-refractivity contribution in [3.8, 4) is 0 Å². The summed E-state index contributed by atoms with van der Waals surface area (Å²) in [5.74, 6) is 0.0285. The van der Waals surface area contributed by atoms with E-state index in [0.29, 0.717) is 18.1 Å². The van der Waals surface area contributed by atoms with Crippen molar-refractivity contribution in [2.75, 3.05) is 26.2 Å². The van der Waals surface area contributed by atoms with Gasteiger partial charge < -0.3 is 9.64 Å². The first kappa shape index (κ1) is 15.7. The number of esters is 1. The van der Waals surface area contributed by atoms with Crippen LogP contribution in [-0.4, -0.2) is 52.3 Å². The minimum absolute atomic E-state index is 0.286. The quantitative estimate of drug-likeness (QED) is 0.826. The van der Waals surface area contributed by atoms with Crippen LogP contribution in [0.4, 0.5) is 0 Å². The second-order valence-electron chi connectivity index (χ2n) is 5.81. The Balaban J connectivity index is 1.58. The Morgan fingerprint density at radius 2 is 2.26 bits per heavy atom. The Bertz CT molecular complexity index is 641. The van der Waals surface area contributed by atoms with Crippen LogP contribution in [0.2, 0.25) is 0 Å². The number of ether oxygens (including phenoxy) is 1. The average Bonchev–Trinajstić information content (AvgIpc) is 3.23. The van der Waals surface area contributed by atoms with E-state index in [4.69, 9.17) is 4.74 Å². The van der Waals surface area contributed by atoms with Crippen LogP contribution in [0.15, 0.2) is 30.7 Å². The van der Waals surface area contributed by atoms with Crippen LogP contribution in [-0.2, 0) is 11.2 Å². The number of hydrogen-bond acceptors (Lipinski definition) is 5. The number of nitrogens with one attached hydrogen (secondary N) is 1. The summed E-state index contributed by atoms with van der Waals surface area (Å²) in [7, 11) is 0. The van der Waals surface area contributed by atoms with Gasteiger partial charge in [0.05, 0.1) is 18.5 Å². The van der Waals surface area contributed by atoms with Crippen molar-refractivity contribution >= 4 is 5.97 Å². The third-order valence-corrected chi connectivity index (χ3v) is 4.31. The number of pyridine rings is 1. The number of carbonyl (C=O) groups is 1. The topological polar surface area (TPSA) is 71.1 Å². The predicted octanol–water partition coefficient (Wildman–Crippen LogP) is 2.01. The van der Waals surface area contributed by atoms with Crippen molar-refractivity contribution in [2.24, 2.45) is 0 Å². The van der Waals surface area contributed by atoms with Gasteiger partial charge in [-0.2, -0.15) is 5.10 Å². The molecule has 1 aliphatic heterocycles. The first-order chi connectivity index (χ1) is 11.3. The van der Waals surface area contributed by atoms with E-state index in [2.05, 4.69) is 32.2 Å². The molecule has 0 bridgehead atoms. The van der Waals surface area contributed by atoms with Crippen molar-refractivity contribution in [2.45, 2.75) is 25.7 Å². The number of carbonyl (C=O) groups excluding carboxylic acids is 1. The van der Waals surface area contributed by atoms with Crippen LogP contribution in [0.5, 0.6) is 0 Å². The van der Waals surface area contributed by atoms with Gasteiger partial charge in [0.15, 0.2) is 0 Å². The van der Waals surface area contributed by atoms with Crippen LogP contribution >= 0.6 is 0 Å². The van der Waals surface area contributed by atoms with Gasteiger partial charge in [0.25, 0.3) is 0 Å². The number of likely N-dealkylation sites (tertiary alicyclic amines) is 1. The summed E-state index contributed by atoms with van der Waals surface area (Å²) in [5.41, 5.74) is 2.79. The smallest absolute Gasteiger partial charge is 0.341 e. The highest BCUT2D eigenvalue weighted by Gasteiger charge is 2.29. The molecule has 1 N–H and O–H groups in total. The minimum atomic E-state index is -0.286. The van der Waals surface area contributed by atoms with E-state index in [9.17, 15) is 4.79 Å². The second-order valence-corrected chi connectivity index (χ2v) is 5.81. The van der Waals surface area contributed by atoms with E-state index in [-0.39, 0.29) is 5.97 Å². The van der Waals surface area contributed by atoms with Crippen LogP contribution in [0.3, 0.4) is 0 Å². The summed E-state index contributed by atoms with van der Waals surface area (Å²) in [6, 6.07) is 4.11. The van der Waals surface area contributed by atoms with Gasteiger partial charge in [-0.15, -0.1) is 0 Å². The lowest BCUT2D eigenvalue weighted by Crippen LogP contribution is -2.23. The molecule has 1 atom stereocenters. The van der Waals surface area contributed by atoms with Crippen molar-refractivity contribution in [3.63, 3.8) is 0 Å². The third kappa shape index (κ3) is 3.76. The van der Waals surface area contributed by atoms with Gasteiger partial charge >= 0.3 is 5.97 Å². The number of nitrogens with zero attached hydrogens (tertiary/aromatic N) is 3. The zero-order valence-electron chi connectivity index (χ0n) is 13.4. The number of hydrogen-bond donors (Lipinski definition) is 1. The normalized spacial score (nSPS) is 18.2. The van der Waals surface area contributed by atoms with Crippen molar-refractivity contribution in [1.82, 2.24) is 20.1 Å². The molecule has 122 valence electrons. The average molecular weight is 314 g/mol. The molecule has 1 saturated heterocycles. The number of aromatic amines is 1. The zero-order chi connectivity index (χ0) is 16.1. The molecule has 1 fully saturated rings. The number of aromatic nitrogens is 3. The van der Waals surface area contributed by atoms with Crippen molar-refractivity contribution in [3.05, 3.63) is 47.5 Å². The van der Waals surface area contributed by atoms with Gasteiger partial charge in [0.2, 0.25) is 0 Å². The highest BCUT2D eigenvalue weighted by Crippen LogP contribution is 2.28. The molecule has 23 heavy (non-hydrogen) atoms. The second kappa shape index (κ2) is 7.37. The van der Waals surface area contributed by atoms with E-state index < -0.39 is 0 Å². The summed E-state index contributed by atoms with van der Waals surface area (Å²) < 4.78 is 5.10. The Morgan fingerprint density at radius 3 is 3.04 bits per heavy atom. The van der Waals surface area contributed by atoms with Crippen LogP contribution in [0.1, 0.15) is 40.9 Å². The summed E-state index contributed by atoms with van der Waals surface area (Å²) in [4.78, 5) is 18.4. The molecule has 3 heterocycles. The maximum atomic E-state index is 12.0. The van der Waals surface area contributed by atoms with Gasteiger partial charge in [0.1, 0.15) is 5.56 Å². The van der Waals surface area contributed by atoms with Gasteiger partial charge in [-0.3, -0.25) is 10.1 Å². The maximum Gasteiger partial charge on any atom is 0.341 e. The fourth-order valence-electron chi connectivity index (χ4n) is 3.09. The monoisotopic (exact) mass is 314 g/mol. The zero-order valence-corrected chi connectivity index (χ0v) is 13.4. The fourth-order valence-corrected chi connectivity index (χ4v) is 3.09. The molecule has 6 nitrogen and oxygen atoms in total. The standard InChI is InChI=1S/C17H22N4O2/c1-2-23-17(22)15-11-19-20-16(15)14-6-10-21(12-14)9-5-13-3-7-18-8-4-13/h3-4,7-8,11,14H,2,5-6,9-10,12H2,1H3,(H,19,20). The van der Waals surface area contributed by atoms with Gasteiger partial charge in [0, 0.05) is 31.4 Å². The van der Waals surface area contributed by atoms with Crippen molar-refractivity contribution < 1.29 is 9.53 Å². The van der Waals surface area contributed by atoms with Crippen LogP contribution in [0.25, 0.3) is 0 Å². The molecule has 2 aromatic heterocycles. The van der Waals surface area contributed by atoms with E-state index in [0.717, 1.165) is 38.2 Å². The molecule has 0 aliphatic carbocycles. The molecular weight excluding hydrogens is 292 g/mol. The predicted molar refractivity (Wildman–Crippen MR) is 86.3 cm³/mol.